The van der Waals surface area contributed by atoms with Crippen molar-refractivity contribution in [2.24, 2.45) is 11.8 Å². The maximum atomic E-state index is 11.6. The number of rotatable bonds is 6. The van der Waals surface area contributed by atoms with Gasteiger partial charge in [-0.25, -0.2) is 0 Å². The first-order valence-electron chi connectivity index (χ1n) is 7.23. The van der Waals surface area contributed by atoms with Crippen LogP contribution in [0.2, 0.25) is 0 Å². The van der Waals surface area contributed by atoms with Crippen molar-refractivity contribution in [3.63, 3.8) is 0 Å². The van der Waals surface area contributed by atoms with Crippen molar-refractivity contribution < 1.29 is 38.8 Å². The van der Waals surface area contributed by atoms with Gasteiger partial charge in [-0.1, -0.05) is 20.8 Å². The van der Waals surface area contributed by atoms with Crippen molar-refractivity contribution in [1.29, 1.82) is 0 Å². The monoisotopic (exact) mass is 318 g/mol. The highest BCUT2D eigenvalue weighted by Crippen LogP contribution is 2.31. The van der Waals surface area contributed by atoms with Gasteiger partial charge in [0.2, 0.25) is 0 Å². The molecular weight excluding hydrogens is 296 g/mol. The first-order valence-corrected chi connectivity index (χ1v) is 7.23. The second-order valence-electron chi connectivity index (χ2n) is 5.12. The highest BCUT2D eigenvalue weighted by molar-refractivity contribution is 5.72. The van der Waals surface area contributed by atoms with Gasteiger partial charge in [-0.2, -0.15) is 0 Å². The van der Waals surface area contributed by atoms with Crippen LogP contribution in [-0.4, -0.2) is 53.2 Å². The molecule has 0 bridgehead atoms. The van der Waals surface area contributed by atoms with E-state index in [1.807, 2.05) is 0 Å². The standard InChI is InChI=1S/C14H22O8/c1-4-9(15)21-8-6-20-14(19)11(7(3)13(17)18)12(8)22-10(16)5-2/h7-8,11-12,14,19H,4-6H2,1-3H3,(H,17,18)/t7?,8-,11-,12-,14-/m1/s1. The van der Waals surface area contributed by atoms with Crippen LogP contribution in [0.4, 0.5) is 0 Å². The third-order valence-electron chi connectivity index (χ3n) is 3.60. The van der Waals surface area contributed by atoms with Crippen LogP contribution in [0.15, 0.2) is 0 Å². The molecule has 1 heterocycles. The van der Waals surface area contributed by atoms with E-state index in [2.05, 4.69) is 0 Å². The molecule has 0 aromatic rings. The van der Waals surface area contributed by atoms with E-state index in [0.717, 1.165) is 0 Å². The molecule has 1 rings (SSSR count). The number of hydrogen-bond donors (Lipinski definition) is 2. The summed E-state index contributed by atoms with van der Waals surface area (Å²) in [6.07, 6.45) is -3.24. The fourth-order valence-corrected chi connectivity index (χ4v) is 2.25. The van der Waals surface area contributed by atoms with Gasteiger partial charge < -0.3 is 24.4 Å². The van der Waals surface area contributed by atoms with Crippen LogP contribution in [-0.2, 0) is 28.6 Å². The zero-order valence-corrected chi connectivity index (χ0v) is 12.9. The highest BCUT2D eigenvalue weighted by atomic mass is 16.6. The van der Waals surface area contributed by atoms with Crippen molar-refractivity contribution in [2.75, 3.05) is 6.61 Å². The quantitative estimate of drug-likeness (QED) is 0.672. The molecule has 0 amide bonds. The second kappa shape index (κ2) is 8.09. The summed E-state index contributed by atoms with van der Waals surface area (Å²) in [5, 5.41) is 19.1. The molecule has 126 valence electrons. The van der Waals surface area contributed by atoms with Crippen molar-refractivity contribution in [2.45, 2.75) is 52.1 Å². The van der Waals surface area contributed by atoms with Gasteiger partial charge >= 0.3 is 17.9 Å². The summed E-state index contributed by atoms with van der Waals surface area (Å²) in [6, 6.07) is 0. The predicted molar refractivity (Wildman–Crippen MR) is 72.6 cm³/mol. The van der Waals surface area contributed by atoms with Crippen molar-refractivity contribution in [1.82, 2.24) is 0 Å². The molecule has 22 heavy (non-hydrogen) atoms. The average molecular weight is 318 g/mol. The molecule has 0 aromatic carbocycles. The van der Waals surface area contributed by atoms with Crippen molar-refractivity contribution in [3.05, 3.63) is 0 Å². The van der Waals surface area contributed by atoms with Crippen LogP contribution in [0.5, 0.6) is 0 Å². The van der Waals surface area contributed by atoms with E-state index < -0.39 is 48.2 Å². The van der Waals surface area contributed by atoms with Gasteiger partial charge in [0, 0.05) is 12.8 Å². The van der Waals surface area contributed by atoms with E-state index in [1.54, 1.807) is 13.8 Å². The molecule has 1 aliphatic rings. The summed E-state index contributed by atoms with van der Waals surface area (Å²) in [7, 11) is 0. The molecule has 1 aliphatic heterocycles. The van der Waals surface area contributed by atoms with Crippen LogP contribution in [0.25, 0.3) is 0 Å². The number of carboxylic acid groups (broad SMARTS) is 1. The molecular formula is C14H22O8. The normalized spacial score (nSPS) is 29.5. The van der Waals surface area contributed by atoms with Gasteiger partial charge in [0.05, 0.1) is 18.4 Å². The Kier molecular flexibility index (Phi) is 6.76. The van der Waals surface area contributed by atoms with Crippen LogP contribution in [0.1, 0.15) is 33.6 Å². The van der Waals surface area contributed by atoms with Gasteiger partial charge in [-0.05, 0) is 0 Å². The molecule has 0 aromatic heterocycles. The summed E-state index contributed by atoms with van der Waals surface area (Å²) in [5.74, 6) is -4.35. The fourth-order valence-electron chi connectivity index (χ4n) is 2.25. The van der Waals surface area contributed by atoms with E-state index in [9.17, 15) is 19.5 Å². The molecule has 0 aliphatic carbocycles. The number of aliphatic hydroxyl groups excluding tert-OH is 1. The van der Waals surface area contributed by atoms with E-state index in [0.29, 0.717) is 0 Å². The van der Waals surface area contributed by atoms with Crippen LogP contribution >= 0.6 is 0 Å². The Hall–Kier alpha value is -1.67. The Balaban J connectivity index is 3.03. The van der Waals surface area contributed by atoms with E-state index in [-0.39, 0.29) is 19.4 Å². The van der Waals surface area contributed by atoms with Crippen molar-refractivity contribution >= 4 is 17.9 Å². The molecule has 2 N–H and O–H groups in total. The summed E-state index contributed by atoms with van der Waals surface area (Å²) in [6.45, 7) is 4.39. The molecule has 1 saturated heterocycles. The first-order chi connectivity index (χ1) is 10.3. The lowest BCUT2D eigenvalue weighted by atomic mass is 9.84. The van der Waals surface area contributed by atoms with Gasteiger partial charge in [-0.15, -0.1) is 0 Å². The van der Waals surface area contributed by atoms with E-state index in [1.165, 1.54) is 6.92 Å². The van der Waals surface area contributed by atoms with Crippen LogP contribution in [0, 0.1) is 11.8 Å². The number of hydrogen-bond acceptors (Lipinski definition) is 7. The smallest absolute Gasteiger partial charge is 0.306 e. The lowest BCUT2D eigenvalue weighted by Crippen LogP contribution is -2.55. The number of aliphatic hydroxyl groups is 1. The Labute approximate surface area is 128 Å². The maximum Gasteiger partial charge on any atom is 0.306 e. The minimum atomic E-state index is -1.42. The summed E-state index contributed by atoms with van der Waals surface area (Å²) in [5.41, 5.74) is 0. The topological polar surface area (TPSA) is 119 Å². The molecule has 8 heteroatoms. The minimum absolute atomic E-state index is 0.0794. The number of aliphatic carboxylic acids is 1. The summed E-state index contributed by atoms with van der Waals surface area (Å²) in [4.78, 5) is 34.3. The van der Waals surface area contributed by atoms with E-state index in [4.69, 9.17) is 19.3 Å². The molecule has 5 atom stereocenters. The highest BCUT2D eigenvalue weighted by Gasteiger charge is 2.48. The molecule has 1 unspecified atom stereocenters. The van der Waals surface area contributed by atoms with Gasteiger partial charge in [-0.3, -0.25) is 14.4 Å². The molecule has 0 spiro atoms. The molecule has 0 radical (unpaired) electrons. The number of esters is 2. The van der Waals surface area contributed by atoms with Gasteiger partial charge in [0.1, 0.15) is 6.10 Å². The van der Waals surface area contributed by atoms with E-state index >= 15 is 0 Å². The Bertz CT molecular complexity index is 421. The number of ether oxygens (including phenoxy) is 3. The maximum absolute atomic E-state index is 11.6. The SMILES string of the molecule is CCC(=O)O[C@H]1[C@@H](C(C)C(=O)O)[C@H](O)OC[C@H]1OC(=O)CC. The zero-order valence-electron chi connectivity index (χ0n) is 12.9. The average Bonchev–Trinajstić information content (AvgIpc) is 2.49. The third-order valence-corrected chi connectivity index (χ3v) is 3.60. The van der Waals surface area contributed by atoms with Gasteiger partial charge in [0.15, 0.2) is 12.4 Å². The Morgan fingerprint density at radius 2 is 1.73 bits per heavy atom. The second-order valence-corrected chi connectivity index (χ2v) is 5.12. The summed E-state index contributed by atoms with van der Waals surface area (Å²) >= 11 is 0. The van der Waals surface area contributed by atoms with Crippen molar-refractivity contribution in [3.8, 4) is 0 Å². The van der Waals surface area contributed by atoms with Gasteiger partial charge in [0.25, 0.3) is 0 Å². The Morgan fingerprint density at radius 3 is 2.23 bits per heavy atom. The summed E-state index contributed by atoms with van der Waals surface area (Å²) < 4.78 is 15.5. The lowest BCUT2D eigenvalue weighted by molar-refractivity contribution is -0.254. The number of carbonyl (C=O) groups is 3. The minimum Gasteiger partial charge on any atom is -0.481 e. The molecule has 1 fully saturated rings. The lowest BCUT2D eigenvalue weighted by Gasteiger charge is -2.41. The van der Waals surface area contributed by atoms with Crippen LogP contribution < -0.4 is 0 Å². The Morgan fingerprint density at radius 1 is 1.18 bits per heavy atom. The molecule has 8 nitrogen and oxygen atoms in total. The number of carbonyl (C=O) groups excluding carboxylic acids is 2. The number of carboxylic acids is 1. The predicted octanol–water partition coefficient (Wildman–Crippen LogP) is 0.315. The first kappa shape index (κ1) is 18.4. The zero-order chi connectivity index (χ0) is 16.9. The molecule has 0 saturated carbocycles. The van der Waals surface area contributed by atoms with Crippen LogP contribution in [0.3, 0.4) is 0 Å². The largest absolute Gasteiger partial charge is 0.481 e. The third kappa shape index (κ3) is 4.41. The fraction of sp³-hybridized carbons (Fsp3) is 0.786.